The molecular weight excluding hydrogens is 379 g/mol. The topological polar surface area (TPSA) is 42.0 Å². The van der Waals surface area contributed by atoms with Crippen molar-refractivity contribution in [3.63, 3.8) is 0 Å². The fourth-order valence-electron chi connectivity index (χ4n) is 3.71. The van der Waals surface area contributed by atoms with Gasteiger partial charge in [-0.3, -0.25) is 4.79 Å². The molecule has 0 radical (unpaired) electrons. The quantitative estimate of drug-likeness (QED) is 0.564. The van der Waals surface area contributed by atoms with Crippen LogP contribution in [0.1, 0.15) is 42.5 Å². The molecule has 3 nitrogen and oxygen atoms in total. The van der Waals surface area contributed by atoms with Crippen molar-refractivity contribution < 1.29 is 4.79 Å². The van der Waals surface area contributed by atoms with E-state index >= 15 is 0 Å². The minimum absolute atomic E-state index is 0.0492. The standard InChI is InChI=1S/C22H20Cl2N2O/c23-14-10-11-17(19(24)12-14)21-13-18(16-8-4-5-9-20(16)26-21)22(27)25-15-6-2-1-3-7-15/h4-5,8-13,15H,1-3,6-7H2,(H,25,27). The summed E-state index contributed by atoms with van der Waals surface area (Å²) in [5.74, 6) is -0.0492. The lowest BCUT2D eigenvalue weighted by Gasteiger charge is -2.23. The van der Waals surface area contributed by atoms with Gasteiger partial charge in [0.1, 0.15) is 0 Å². The molecule has 0 unspecified atom stereocenters. The third-order valence-electron chi connectivity index (χ3n) is 5.11. The number of fused-ring (bicyclic) bond motifs is 1. The maximum absolute atomic E-state index is 13.1. The van der Waals surface area contributed by atoms with E-state index in [1.54, 1.807) is 12.1 Å². The summed E-state index contributed by atoms with van der Waals surface area (Å²) in [6.07, 6.45) is 5.69. The van der Waals surface area contributed by atoms with Crippen LogP contribution in [-0.4, -0.2) is 16.9 Å². The van der Waals surface area contributed by atoms with Crippen LogP contribution in [0.25, 0.3) is 22.2 Å². The number of aromatic nitrogens is 1. The Morgan fingerprint density at radius 2 is 1.78 bits per heavy atom. The number of carbonyl (C=O) groups excluding carboxylic acids is 1. The summed E-state index contributed by atoms with van der Waals surface area (Å²) in [6, 6.07) is 15.1. The lowest BCUT2D eigenvalue weighted by atomic mass is 9.95. The van der Waals surface area contributed by atoms with Crippen molar-refractivity contribution in [2.24, 2.45) is 0 Å². The average molecular weight is 399 g/mol. The number of benzene rings is 2. The number of amides is 1. The van der Waals surface area contributed by atoms with Gasteiger partial charge in [0.25, 0.3) is 5.91 Å². The van der Waals surface area contributed by atoms with Gasteiger partial charge in [0, 0.05) is 22.0 Å². The number of para-hydroxylation sites is 1. The Morgan fingerprint density at radius 1 is 1.00 bits per heavy atom. The van der Waals surface area contributed by atoms with Crippen molar-refractivity contribution in [3.8, 4) is 11.3 Å². The predicted molar refractivity (Wildman–Crippen MR) is 112 cm³/mol. The summed E-state index contributed by atoms with van der Waals surface area (Å²) in [5.41, 5.74) is 2.84. The number of nitrogens with one attached hydrogen (secondary N) is 1. The van der Waals surface area contributed by atoms with Gasteiger partial charge in [0.2, 0.25) is 0 Å². The van der Waals surface area contributed by atoms with Crippen molar-refractivity contribution in [2.75, 3.05) is 0 Å². The largest absolute Gasteiger partial charge is 0.349 e. The van der Waals surface area contributed by atoms with E-state index in [2.05, 4.69) is 5.32 Å². The van der Waals surface area contributed by atoms with E-state index in [1.807, 2.05) is 36.4 Å². The molecule has 0 saturated heterocycles. The first-order chi connectivity index (χ1) is 13.1. The van der Waals surface area contributed by atoms with Crippen LogP contribution in [0, 0.1) is 0 Å². The molecule has 1 amide bonds. The molecule has 0 atom stereocenters. The summed E-state index contributed by atoms with van der Waals surface area (Å²) < 4.78 is 0. The molecule has 1 saturated carbocycles. The predicted octanol–water partition coefficient (Wildman–Crippen LogP) is 6.27. The summed E-state index contributed by atoms with van der Waals surface area (Å²) in [6.45, 7) is 0. The molecule has 3 aromatic rings. The summed E-state index contributed by atoms with van der Waals surface area (Å²) in [7, 11) is 0. The van der Waals surface area contributed by atoms with E-state index in [0.29, 0.717) is 21.3 Å². The molecule has 4 rings (SSSR count). The zero-order chi connectivity index (χ0) is 18.8. The Balaban J connectivity index is 1.77. The molecule has 1 aliphatic carbocycles. The van der Waals surface area contributed by atoms with Gasteiger partial charge in [-0.15, -0.1) is 0 Å². The van der Waals surface area contributed by atoms with E-state index in [0.717, 1.165) is 29.3 Å². The normalized spacial score (nSPS) is 15.0. The van der Waals surface area contributed by atoms with Crippen molar-refractivity contribution in [3.05, 3.63) is 64.1 Å². The fraction of sp³-hybridized carbons (Fsp3) is 0.273. The highest BCUT2D eigenvalue weighted by Crippen LogP contribution is 2.32. The van der Waals surface area contributed by atoms with E-state index < -0.39 is 0 Å². The highest BCUT2D eigenvalue weighted by atomic mass is 35.5. The van der Waals surface area contributed by atoms with Gasteiger partial charge in [0.05, 0.1) is 21.8 Å². The van der Waals surface area contributed by atoms with Crippen molar-refractivity contribution >= 4 is 40.0 Å². The van der Waals surface area contributed by atoms with Gasteiger partial charge in [-0.2, -0.15) is 0 Å². The molecule has 1 heterocycles. The van der Waals surface area contributed by atoms with Crippen molar-refractivity contribution in [2.45, 2.75) is 38.1 Å². The van der Waals surface area contributed by atoms with Gasteiger partial charge in [0.15, 0.2) is 0 Å². The third kappa shape index (κ3) is 3.95. The maximum atomic E-state index is 13.1. The van der Waals surface area contributed by atoms with Gasteiger partial charge in [-0.1, -0.05) is 60.7 Å². The van der Waals surface area contributed by atoms with E-state index in [4.69, 9.17) is 28.2 Å². The van der Waals surface area contributed by atoms with E-state index in [9.17, 15) is 4.79 Å². The lowest BCUT2D eigenvalue weighted by molar-refractivity contribution is 0.0929. The second kappa shape index (κ2) is 7.87. The Morgan fingerprint density at radius 3 is 2.56 bits per heavy atom. The molecule has 1 aliphatic rings. The second-order valence-electron chi connectivity index (χ2n) is 7.00. The molecule has 1 aromatic heterocycles. The smallest absolute Gasteiger partial charge is 0.252 e. The molecule has 0 aliphatic heterocycles. The molecule has 1 N–H and O–H groups in total. The minimum atomic E-state index is -0.0492. The Bertz CT molecular complexity index is 997. The van der Waals surface area contributed by atoms with Gasteiger partial charge in [-0.05, 0) is 43.2 Å². The highest BCUT2D eigenvalue weighted by molar-refractivity contribution is 6.36. The van der Waals surface area contributed by atoms with Gasteiger partial charge >= 0.3 is 0 Å². The third-order valence-corrected chi connectivity index (χ3v) is 5.66. The second-order valence-corrected chi connectivity index (χ2v) is 7.85. The van der Waals surface area contributed by atoms with Crippen LogP contribution >= 0.6 is 23.2 Å². The van der Waals surface area contributed by atoms with E-state index in [-0.39, 0.29) is 11.9 Å². The molecule has 2 aromatic carbocycles. The van der Waals surface area contributed by atoms with Gasteiger partial charge in [-0.25, -0.2) is 4.98 Å². The zero-order valence-electron chi connectivity index (χ0n) is 14.8. The Kier molecular flexibility index (Phi) is 5.33. The number of rotatable bonds is 3. The molecule has 5 heteroatoms. The SMILES string of the molecule is O=C(NC1CCCCC1)c1cc(-c2ccc(Cl)cc2Cl)nc2ccccc12. The number of hydrogen-bond donors (Lipinski definition) is 1. The van der Waals surface area contributed by atoms with Crippen LogP contribution in [0.3, 0.4) is 0 Å². The Hall–Kier alpha value is -2.10. The van der Waals surface area contributed by atoms with Crippen LogP contribution in [0.2, 0.25) is 10.0 Å². The minimum Gasteiger partial charge on any atom is -0.349 e. The average Bonchev–Trinajstić information content (AvgIpc) is 2.68. The number of halogens is 2. The highest BCUT2D eigenvalue weighted by Gasteiger charge is 2.20. The fourth-order valence-corrected chi connectivity index (χ4v) is 4.21. The summed E-state index contributed by atoms with van der Waals surface area (Å²) in [4.78, 5) is 17.8. The lowest BCUT2D eigenvalue weighted by Crippen LogP contribution is -2.36. The van der Waals surface area contributed by atoms with Crippen molar-refractivity contribution in [1.29, 1.82) is 0 Å². The first-order valence-electron chi connectivity index (χ1n) is 9.28. The summed E-state index contributed by atoms with van der Waals surface area (Å²) in [5, 5.41) is 5.14. The molecule has 1 fully saturated rings. The van der Waals surface area contributed by atoms with Crippen LogP contribution in [0.5, 0.6) is 0 Å². The van der Waals surface area contributed by atoms with Crippen LogP contribution < -0.4 is 5.32 Å². The Labute approximate surface area is 168 Å². The molecule has 27 heavy (non-hydrogen) atoms. The molecule has 0 spiro atoms. The number of hydrogen-bond acceptors (Lipinski definition) is 2. The maximum Gasteiger partial charge on any atom is 0.252 e. The number of pyridine rings is 1. The monoisotopic (exact) mass is 398 g/mol. The first kappa shape index (κ1) is 18.3. The summed E-state index contributed by atoms with van der Waals surface area (Å²) >= 11 is 12.4. The zero-order valence-corrected chi connectivity index (χ0v) is 16.4. The van der Waals surface area contributed by atoms with Crippen molar-refractivity contribution in [1.82, 2.24) is 10.3 Å². The van der Waals surface area contributed by atoms with Crippen LogP contribution in [-0.2, 0) is 0 Å². The molecule has 0 bridgehead atoms. The van der Waals surface area contributed by atoms with E-state index in [1.165, 1.54) is 19.3 Å². The number of carbonyl (C=O) groups is 1. The van der Waals surface area contributed by atoms with Crippen LogP contribution in [0.15, 0.2) is 48.5 Å². The van der Waals surface area contributed by atoms with Gasteiger partial charge < -0.3 is 5.32 Å². The first-order valence-corrected chi connectivity index (χ1v) is 10.0. The molecular formula is C22H20Cl2N2O. The number of nitrogens with zero attached hydrogens (tertiary/aromatic N) is 1. The molecule has 138 valence electrons. The van der Waals surface area contributed by atoms with Crippen LogP contribution in [0.4, 0.5) is 0 Å².